The van der Waals surface area contributed by atoms with Gasteiger partial charge in [-0.25, -0.2) is 4.98 Å². The van der Waals surface area contributed by atoms with Gasteiger partial charge in [-0.15, -0.1) is 11.3 Å². The molecule has 0 saturated heterocycles. The Labute approximate surface area is 580 Å². The molecule has 0 atom stereocenters. The van der Waals surface area contributed by atoms with E-state index in [1.807, 2.05) is 62.0 Å². The molecule has 14 heteroatoms. The minimum atomic E-state index is 0.737. The van der Waals surface area contributed by atoms with E-state index in [4.69, 9.17) is 11.6 Å². The topological polar surface area (TPSA) is 95.1 Å². The number of nitrogens with one attached hydrogen (secondary N) is 1. The van der Waals surface area contributed by atoms with Crippen molar-refractivity contribution in [2.24, 2.45) is 21.1 Å². The second kappa shape index (κ2) is 28.4. The average Bonchev–Trinajstić information content (AvgIpc) is 1.63. The number of likely N-dealkylation sites (N-methyl/N-ethyl adjacent to an activating group) is 4. The molecule has 16 rings (SSSR count). The van der Waals surface area contributed by atoms with Crippen LogP contribution in [0.3, 0.4) is 0 Å². The molecule has 0 amide bonds. The standard InChI is InChI=1S/C23H27N3.C21H20ClN3.C21H21N3.C18H17N3S/c1-15-10-19(12-16(2)18-7-6-17(3)24-13-18)23-20(11-15)21-14-25(4)9-8-22(21)26(23)5;1-14-4-5-15(12-23-14)6-7-16-10-17(22)11-18-19-13-24(2)9-8-20(19)25(3)21(16)18;1-15-12-17(5-4-16-6-9-22-10-7-16)21-18(13-15)19-14-23(2)11-8-20(19)24(21)3;1-12-9-13(3-4-17-19-6-8-22-17)18-14(10-12)15-11-21(2)7-5-16(15)20-18/h6-7,10-13H,8-9,14H2,1-5H3;4-5,10-12H,8-9,13H2,1-3H3;6-7,9-10,12-13H,8,11,14H2,1-3H3;6,8-10,20H,5,7,11H2,1-2H3/b16-12+;;;. The van der Waals surface area contributed by atoms with Crippen molar-refractivity contribution in [3.05, 3.63) is 243 Å². The largest absolute Gasteiger partial charge is 0.357 e. The first-order chi connectivity index (χ1) is 46.8. The number of fused-ring (bicyclic) bond motifs is 12. The minimum Gasteiger partial charge on any atom is -0.357 e. The van der Waals surface area contributed by atoms with Gasteiger partial charge in [0.1, 0.15) is 0 Å². The molecule has 4 aliphatic heterocycles. The number of nitrogens with zero attached hydrogens (tertiary/aromatic N) is 11. The van der Waals surface area contributed by atoms with Gasteiger partial charge in [-0.1, -0.05) is 47.3 Å². The number of hydrogen-bond acceptors (Lipinski definition) is 9. The van der Waals surface area contributed by atoms with Crippen molar-refractivity contribution in [3.8, 4) is 35.5 Å². The Morgan fingerprint density at radius 1 is 0.485 bits per heavy atom. The molecule has 0 aliphatic carbocycles. The molecule has 0 fully saturated rings. The van der Waals surface area contributed by atoms with Gasteiger partial charge in [0.25, 0.3) is 0 Å². The summed E-state index contributed by atoms with van der Waals surface area (Å²) in [4.78, 5) is 30.2. The molecule has 4 aromatic carbocycles. The zero-order chi connectivity index (χ0) is 67.8. The van der Waals surface area contributed by atoms with Crippen molar-refractivity contribution in [2.75, 3.05) is 54.4 Å². The Hall–Kier alpha value is -9.33. The molecule has 12 heterocycles. The van der Waals surface area contributed by atoms with Crippen LogP contribution < -0.4 is 0 Å². The average molecular weight is 1320 g/mol. The van der Waals surface area contributed by atoms with E-state index in [1.165, 1.54) is 122 Å². The Balaban J connectivity index is 0.000000117. The third-order valence-corrected chi connectivity index (χ3v) is 20.4. The maximum absolute atomic E-state index is 6.41. The van der Waals surface area contributed by atoms with Crippen molar-refractivity contribution in [3.63, 3.8) is 0 Å². The Kier molecular flexibility index (Phi) is 19.4. The van der Waals surface area contributed by atoms with E-state index in [1.54, 1.807) is 29.9 Å². The highest BCUT2D eigenvalue weighted by atomic mass is 35.5. The number of thiazole rings is 1. The lowest BCUT2D eigenvalue weighted by molar-refractivity contribution is 0.310. The van der Waals surface area contributed by atoms with Crippen molar-refractivity contribution in [1.82, 2.24) is 58.2 Å². The molecule has 12 nitrogen and oxygen atoms in total. The molecule has 490 valence electrons. The summed E-state index contributed by atoms with van der Waals surface area (Å²) in [5, 5.41) is 8.88. The summed E-state index contributed by atoms with van der Waals surface area (Å²) in [5.74, 6) is 19.7. The highest BCUT2D eigenvalue weighted by Gasteiger charge is 2.26. The Morgan fingerprint density at radius 2 is 0.990 bits per heavy atom. The fourth-order valence-electron chi connectivity index (χ4n) is 14.5. The molecule has 0 unspecified atom stereocenters. The molecule has 0 bridgehead atoms. The number of rotatable bonds is 2. The summed E-state index contributed by atoms with van der Waals surface area (Å²) in [6.07, 6.45) is 15.8. The predicted octanol–water partition coefficient (Wildman–Crippen LogP) is 15.3. The quantitative estimate of drug-likeness (QED) is 0.171. The van der Waals surface area contributed by atoms with Gasteiger partial charge < -0.3 is 38.3 Å². The number of hydrogen-bond donors (Lipinski definition) is 1. The molecule has 4 aliphatic rings. The second-order valence-corrected chi connectivity index (χ2v) is 28.4. The van der Waals surface area contributed by atoms with E-state index in [-0.39, 0.29) is 0 Å². The van der Waals surface area contributed by atoms with E-state index in [0.717, 1.165) is 127 Å². The SMILES string of the molecule is C/C(=C\c1cc(C)cc2c3c(n(C)c12)CCN(C)C3)c1ccc(C)nc1.Cc1cc(C#Cc2ccncc2)c2c(c1)c1c(n2C)CCN(C)C1.Cc1cc(C#Cc2nccs2)c2[nH]c3c(c2c1)CN(C)CC3.Cc1ccc(C#Cc2cc(Cl)cc3c4c(n(C)c23)CCN(C)C4)cn1. The van der Waals surface area contributed by atoms with Gasteiger partial charge in [-0.05, 0) is 216 Å². The van der Waals surface area contributed by atoms with Crippen LogP contribution in [0.2, 0.25) is 5.02 Å². The first kappa shape index (κ1) is 66.3. The van der Waals surface area contributed by atoms with Crippen molar-refractivity contribution in [1.29, 1.82) is 0 Å². The van der Waals surface area contributed by atoms with Crippen LogP contribution >= 0.6 is 22.9 Å². The molecule has 0 radical (unpaired) electrons. The van der Waals surface area contributed by atoms with Crippen molar-refractivity contribution in [2.45, 2.75) is 93.4 Å². The van der Waals surface area contributed by atoms with Crippen LogP contribution in [-0.4, -0.2) is 113 Å². The molecule has 1 N–H and O–H groups in total. The van der Waals surface area contributed by atoms with Gasteiger partial charge in [0.15, 0.2) is 5.01 Å². The van der Waals surface area contributed by atoms with Crippen LogP contribution in [0.15, 0.2) is 121 Å². The smallest absolute Gasteiger partial charge is 0.167 e. The zero-order valence-corrected chi connectivity index (χ0v) is 59.9. The number of aromatic amines is 1. The summed E-state index contributed by atoms with van der Waals surface area (Å²) < 4.78 is 7.07. The third kappa shape index (κ3) is 14.3. The number of benzene rings is 4. The van der Waals surface area contributed by atoms with Crippen LogP contribution in [0.25, 0.3) is 55.3 Å². The van der Waals surface area contributed by atoms with Gasteiger partial charge in [0, 0.05) is 219 Å². The van der Waals surface area contributed by atoms with E-state index in [0.29, 0.717) is 0 Å². The number of pyridine rings is 3. The van der Waals surface area contributed by atoms with E-state index >= 15 is 0 Å². The summed E-state index contributed by atoms with van der Waals surface area (Å²) in [6.45, 7) is 21.2. The minimum absolute atomic E-state index is 0.737. The first-order valence-corrected chi connectivity index (χ1v) is 34.9. The van der Waals surface area contributed by atoms with E-state index < -0.39 is 0 Å². The van der Waals surface area contributed by atoms with Crippen LogP contribution in [0.5, 0.6) is 0 Å². The first-order valence-electron chi connectivity index (χ1n) is 33.6. The number of aromatic nitrogens is 8. The van der Waals surface area contributed by atoms with Crippen LogP contribution in [0, 0.1) is 70.1 Å². The van der Waals surface area contributed by atoms with Crippen molar-refractivity contribution >= 4 is 78.2 Å². The van der Waals surface area contributed by atoms with Gasteiger partial charge in [0.05, 0.1) is 27.6 Å². The van der Waals surface area contributed by atoms with Gasteiger partial charge in [-0.2, -0.15) is 0 Å². The van der Waals surface area contributed by atoms with Gasteiger partial charge >= 0.3 is 0 Å². The molecule has 97 heavy (non-hydrogen) atoms. The Bertz CT molecular complexity index is 5200. The molecular weight excluding hydrogens is 1230 g/mol. The Morgan fingerprint density at radius 3 is 1.57 bits per heavy atom. The second-order valence-electron chi connectivity index (χ2n) is 27.1. The molecule has 0 saturated carbocycles. The number of aryl methyl sites for hydroxylation is 8. The fraction of sp³-hybridized carbons (Fsp3) is 0.301. The van der Waals surface area contributed by atoms with Gasteiger partial charge in [0.2, 0.25) is 0 Å². The molecule has 12 aromatic rings. The number of H-pyrrole nitrogens is 1. The van der Waals surface area contributed by atoms with Crippen LogP contribution in [0.4, 0.5) is 0 Å². The third-order valence-electron chi connectivity index (χ3n) is 19.5. The molecule has 8 aromatic heterocycles. The lowest BCUT2D eigenvalue weighted by Gasteiger charge is -2.23. The number of allylic oxidation sites excluding steroid dienone is 1. The van der Waals surface area contributed by atoms with Gasteiger partial charge in [-0.3, -0.25) is 15.0 Å². The molecule has 0 spiro atoms. The maximum atomic E-state index is 6.41. The fourth-order valence-corrected chi connectivity index (χ4v) is 15.2. The summed E-state index contributed by atoms with van der Waals surface area (Å²) >= 11 is 7.99. The summed E-state index contributed by atoms with van der Waals surface area (Å²) in [6, 6.07) is 29.8. The van der Waals surface area contributed by atoms with Crippen molar-refractivity contribution < 1.29 is 0 Å². The maximum Gasteiger partial charge on any atom is 0.167 e. The van der Waals surface area contributed by atoms with Crippen LogP contribution in [0.1, 0.15) is 124 Å². The number of halogens is 1. The van der Waals surface area contributed by atoms with E-state index in [9.17, 15) is 0 Å². The van der Waals surface area contributed by atoms with E-state index in [2.05, 4.69) is 231 Å². The molecular formula is C83H85ClN12S. The monoisotopic (exact) mass is 1320 g/mol. The predicted molar refractivity (Wildman–Crippen MR) is 402 cm³/mol. The highest BCUT2D eigenvalue weighted by molar-refractivity contribution is 7.10. The lowest BCUT2D eigenvalue weighted by atomic mass is 9.99. The normalized spacial score (nSPS) is 14.7. The van der Waals surface area contributed by atoms with Crippen LogP contribution in [-0.2, 0) is 73.0 Å². The zero-order valence-electron chi connectivity index (χ0n) is 58.3. The highest BCUT2D eigenvalue weighted by Crippen LogP contribution is 2.38. The summed E-state index contributed by atoms with van der Waals surface area (Å²) in [5.41, 5.74) is 31.2. The summed E-state index contributed by atoms with van der Waals surface area (Å²) in [7, 11) is 15.3. The lowest BCUT2D eigenvalue weighted by Crippen LogP contribution is -2.26.